The van der Waals surface area contributed by atoms with Gasteiger partial charge < -0.3 is 0 Å². The van der Waals surface area contributed by atoms with Gasteiger partial charge in [0.1, 0.15) is 0 Å². The third-order valence-corrected chi connectivity index (χ3v) is 4.11. The van der Waals surface area contributed by atoms with Crippen molar-refractivity contribution in [2.75, 3.05) is 5.75 Å². The molecular weight excluding hydrogens is 318 g/mol. The number of carbonyl (C=O) groups excluding carboxylic acids is 1. The third kappa shape index (κ3) is 3.55. The number of hydrogen-bond acceptors (Lipinski definition) is 4. The van der Waals surface area contributed by atoms with Gasteiger partial charge in [-0.25, -0.2) is 4.98 Å². The first-order valence-corrected chi connectivity index (χ1v) is 7.98. The fraction of sp³-hybridized carbons (Fsp3) is 0.0625. The number of hydrogen-bond donors (Lipinski definition) is 1. The van der Waals surface area contributed by atoms with Crippen LogP contribution in [0.1, 0.15) is 10.4 Å². The van der Waals surface area contributed by atoms with Gasteiger partial charge in [0.2, 0.25) is 5.16 Å². The number of aromatic amines is 1. The molecule has 0 bridgehead atoms. The Labute approximate surface area is 136 Å². The lowest BCUT2D eigenvalue weighted by Gasteiger charge is -1.98. The molecule has 0 atom stereocenters. The maximum Gasteiger partial charge on any atom is 0.209 e. The average Bonchev–Trinajstić information content (AvgIpc) is 3.03. The summed E-state index contributed by atoms with van der Waals surface area (Å²) in [6.07, 6.45) is 0. The standard InChI is InChI=1S/C16H12ClN3OS/c17-13-8-6-12(7-9-13)15-18-16(20-19-15)22-10-14(21)11-4-2-1-3-5-11/h1-9H,10H2,(H,18,19,20). The maximum atomic E-state index is 12.0. The van der Waals surface area contributed by atoms with Crippen LogP contribution >= 0.6 is 23.4 Å². The Morgan fingerprint density at radius 1 is 1.09 bits per heavy atom. The van der Waals surface area contributed by atoms with Gasteiger partial charge in [0.15, 0.2) is 11.6 Å². The van der Waals surface area contributed by atoms with E-state index in [0.717, 1.165) is 5.56 Å². The predicted octanol–water partition coefficient (Wildman–Crippen LogP) is 4.10. The molecule has 0 amide bonds. The van der Waals surface area contributed by atoms with Gasteiger partial charge in [0.25, 0.3) is 0 Å². The van der Waals surface area contributed by atoms with Gasteiger partial charge in [-0.05, 0) is 24.3 Å². The highest BCUT2D eigenvalue weighted by Crippen LogP contribution is 2.21. The molecule has 0 aliphatic heterocycles. The minimum atomic E-state index is 0.0587. The summed E-state index contributed by atoms with van der Waals surface area (Å²) in [4.78, 5) is 16.4. The molecule has 0 fully saturated rings. The van der Waals surface area contributed by atoms with Crippen molar-refractivity contribution in [1.82, 2.24) is 15.2 Å². The molecule has 22 heavy (non-hydrogen) atoms. The lowest BCUT2D eigenvalue weighted by Crippen LogP contribution is -2.01. The molecule has 1 aromatic heterocycles. The van der Waals surface area contributed by atoms with E-state index >= 15 is 0 Å². The molecule has 0 aliphatic rings. The van der Waals surface area contributed by atoms with Crippen molar-refractivity contribution in [2.24, 2.45) is 0 Å². The van der Waals surface area contributed by atoms with Crippen LogP contribution in [0.3, 0.4) is 0 Å². The van der Waals surface area contributed by atoms with Gasteiger partial charge in [-0.3, -0.25) is 9.89 Å². The first-order valence-electron chi connectivity index (χ1n) is 6.62. The summed E-state index contributed by atoms with van der Waals surface area (Å²) in [6.45, 7) is 0. The summed E-state index contributed by atoms with van der Waals surface area (Å²) in [5.74, 6) is 1.02. The van der Waals surface area contributed by atoms with Gasteiger partial charge in [0.05, 0.1) is 5.75 Å². The molecule has 1 N–H and O–H groups in total. The lowest BCUT2D eigenvalue weighted by molar-refractivity contribution is 0.102. The fourth-order valence-electron chi connectivity index (χ4n) is 1.89. The third-order valence-electron chi connectivity index (χ3n) is 3.01. The Morgan fingerprint density at radius 2 is 1.82 bits per heavy atom. The molecule has 0 unspecified atom stereocenters. The Bertz CT molecular complexity index is 772. The molecule has 0 saturated carbocycles. The number of ketones is 1. The van der Waals surface area contributed by atoms with Gasteiger partial charge in [-0.15, -0.1) is 5.10 Å². The number of benzene rings is 2. The molecule has 1 heterocycles. The monoisotopic (exact) mass is 329 g/mol. The van der Waals surface area contributed by atoms with E-state index in [1.807, 2.05) is 30.3 Å². The molecule has 3 aromatic rings. The largest absolute Gasteiger partial charge is 0.293 e. The zero-order chi connectivity index (χ0) is 15.4. The number of nitrogens with one attached hydrogen (secondary N) is 1. The van der Waals surface area contributed by atoms with Crippen molar-refractivity contribution in [3.05, 3.63) is 65.2 Å². The van der Waals surface area contributed by atoms with E-state index in [-0.39, 0.29) is 5.78 Å². The second-order valence-electron chi connectivity index (χ2n) is 4.55. The summed E-state index contributed by atoms with van der Waals surface area (Å²) < 4.78 is 0. The van der Waals surface area contributed by atoms with Crippen LogP contribution in [0.5, 0.6) is 0 Å². The number of thioether (sulfide) groups is 1. The highest BCUT2D eigenvalue weighted by atomic mass is 35.5. The highest BCUT2D eigenvalue weighted by molar-refractivity contribution is 7.99. The van der Waals surface area contributed by atoms with Crippen molar-refractivity contribution in [3.8, 4) is 11.4 Å². The lowest BCUT2D eigenvalue weighted by atomic mass is 10.2. The van der Waals surface area contributed by atoms with Gasteiger partial charge >= 0.3 is 0 Å². The van der Waals surface area contributed by atoms with Crippen molar-refractivity contribution < 1.29 is 4.79 Å². The molecule has 0 aliphatic carbocycles. The van der Waals surface area contributed by atoms with E-state index in [1.165, 1.54) is 11.8 Å². The molecule has 3 rings (SSSR count). The minimum absolute atomic E-state index is 0.0587. The van der Waals surface area contributed by atoms with E-state index in [4.69, 9.17) is 11.6 Å². The smallest absolute Gasteiger partial charge is 0.209 e. The summed E-state index contributed by atoms with van der Waals surface area (Å²) in [5, 5.41) is 8.21. The summed E-state index contributed by atoms with van der Waals surface area (Å²) in [7, 11) is 0. The Kier molecular flexibility index (Phi) is 4.56. The van der Waals surface area contributed by atoms with E-state index in [0.29, 0.717) is 27.3 Å². The molecule has 0 spiro atoms. The van der Waals surface area contributed by atoms with Crippen LogP contribution in [-0.4, -0.2) is 26.7 Å². The molecule has 110 valence electrons. The van der Waals surface area contributed by atoms with Crippen LogP contribution in [-0.2, 0) is 0 Å². The van der Waals surface area contributed by atoms with Gasteiger partial charge in [-0.1, -0.05) is 53.7 Å². The Hall–Kier alpha value is -2.11. The zero-order valence-corrected chi connectivity index (χ0v) is 13.1. The molecule has 6 heteroatoms. The molecule has 0 saturated heterocycles. The number of Topliss-reactive ketones (excluding diaryl/α,β-unsaturated/α-hetero) is 1. The maximum absolute atomic E-state index is 12.0. The summed E-state index contributed by atoms with van der Waals surface area (Å²) >= 11 is 7.17. The molecule has 4 nitrogen and oxygen atoms in total. The van der Waals surface area contributed by atoms with Crippen molar-refractivity contribution in [2.45, 2.75) is 5.16 Å². The summed E-state index contributed by atoms with van der Waals surface area (Å²) in [6, 6.07) is 16.5. The second-order valence-corrected chi connectivity index (χ2v) is 5.93. The number of aromatic nitrogens is 3. The normalized spacial score (nSPS) is 10.6. The fourth-order valence-corrected chi connectivity index (χ4v) is 2.70. The predicted molar refractivity (Wildman–Crippen MR) is 88.3 cm³/mol. The number of H-pyrrole nitrogens is 1. The molecule has 0 radical (unpaired) electrons. The van der Waals surface area contributed by atoms with Gasteiger partial charge in [0, 0.05) is 16.1 Å². The number of nitrogens with zero attached hydrogens (tertiary/aromatic N) is 2. The number of halogens is 1. The molecular formula is C16H12ClN3OS. The van der Waals surface area contributed by atoms with Crippen LogP contribution < -0.4 is 0 Å². The zero-order valence-electron chi connectivity index (χ0n) is 11.5. The van der Waals surface area contributed by atoms with E-state index in [9.17, 15) is 4.79 Å². The van der Waals surface area contributed by atoms with Crippen LogP contribution in [0.4, 0.5) is 0 Å². The van der Waals surface area contributed by atoms with Crippen LogP contribution in [0, 0.1) is 0 Å². The minimum Gasteiger partial charge on any atom is -0.293 e. The van der Waals surface area contributed by atoms with Gasteiger partial charge in [-0.2, -0.15) is 0 Å². The topological polar surface area (TPSA) is 58.6 Å². The molecule has 2 aromatic carbocycles. The Balaban J connectivity index is 1.65. The first kappa shape index (κ1) is 14.8. The van der Waals surface area contributed by atoms with Crippen molar-refractivity contribution in [3.63, 3.8) is 0 Å². The quantitative estimate of drug-likeness (QED) is 0.565. The number of carbonyl (C=O) groups is 1. The van der Waals surface area contributed by atoms with Crippen LogP contribution in [0.25, 0.3) is 11.4 Å². The average molecular weight is 330 g/mol. The van der Waals surface area contributed by atoms with Crippen LogP contribution in [0.2, 0.25) is 5.02 Å². The first-order chi connectivity index (χ1) is 10.7. The summed E-state index contributed by atoms with van der Waals surface area (Å²) in [5.41, 5.74) is 1.60. The SMILES string of the molecule is O=C(CSc1n[nH]c(-c2ccc(Cl)cc2)n1)c1ccccc1. The second kappa shape index (κ2) is 6.77. The van der Waals surface area contributed by atoms with Crippen molar-refractivity contribution >= 4 is 29.1 Å². The van der Waals surface area contributed by atoms with Crippen molar-refractivity contribution in [1.29, 1.82) is 0 Å². The number of rotatable bonds is 5. The highest BCUT2D eigenvalue weighted by Gasteiger charge is 2.10. The van der Waals surface area contributed by atoms with Crippen LogP contribution in [0.15, 0.2) is 59.8 Å². The Morgan fingerprint density at radius 3 is 2.55 bits per heavy atom. The van der Waals surface area contributed by atoms with E-state index < -0.39 is 0 Å². The van der Waals surface area contributed by atoms with E-state index in [1.54, 1.807) is 24.3 Å². The van der Waals surface area contributed by atoms with E-state index in [2.05, 4.69) is 15.2 Å².